The van der Waals surface area contributed by atoms with Crippen molar-refractivity contribution in [2.45, 2.75) is 32.7 Å². The Morgan fingerprint density at radius 2 is 2.25 bits per heavy atom. The molecule has 0 aliphatic carbocycles. The van der Waals surface area contributed by atoms with Gasteiger partial charge in [0.25, 0.3) is 5.91 Å². The van der Waals surface area contributed by atoms with Crippen LogP contribution in [0.5, 0.6) is 0 Å². The van der Waals surface area contributed by atoms with E-state index in [0.29, 0.717) is 25.1 Å². The molecular weight excluding hydrogens is 260 g/mol. The number of aliphatic carboxylic acids is 1. The summed E-state index contributed by atoms with van der Waals surface area (Å²) in [5, 5.41) is 9.43. The molecule has 1 aliphatic heterocycles. The number of carboxylic acid groups (broad SMARTS) is 1. The standard InChI is InChI=1S/C14H20N2O4/c1-2-5-14(13(18)19)6-7-16(9-14)12(17)11-4-3-10(8-15)20-11/h3-4H,2,5-9,15H2,1H3,(H,18,19). The van der Waals surface area contributed by atoms with E-state index < -0.39 is 11.4 Å². The largest absolute Gasteiger partial charge is 0.481 e. The van der Waals surface area contributed by atoms with E-state index in [1.165, 1.54) is 0 Å². The van der Waals surface area contributed by atoms with Crippen LogP contribution in [0.4, 0.5) is 0 Å². The number of carboxylic acids is 1. The summed E-state index contributed by atoms with van der Waals surface area (Å²) >= 11 is 0. The molecule has 3 N–H and O–H groups in total. The maximum absolute atomic E-state index is 12.3. The predicted molar refractivity (Wildman–Crippen MR) is 72.1 cm³/mol. The molecule has 1 fully saturated rings. The lowest BCUT2D eigenvalue weighted by Crippen LogP contribution is -2.36. The maximum atomic E-state index is 12.3. The molecule has 1 aromatic heterocycles. The lowest BCUT2D eigenvalue weighted by Gasteiger charge is -2.23. The maximum Gasteiger partial charge on any atom is 0.311 e. The summed E-state index contributed by atoms with van der Waals surface area (Å²) in [6.07, 6.45) is 1.86. The SMILES string of the molecule is CCCC1(C(=O)O)CCN(C(=O)c2ccc(CN)o2)C1. The summed E-state index contributed by atoms with van der Waals surface area (Å²) < 4.78 is 5.33. The molecule has 1 amide bonds. The van der Waals surface area contributed by atoms with E-state index in [1.54, 1.807) is 17.0 Å². The molecule has 0 spiro atoms. The van der Waals surface area contributed by atoms with E-state index in [2.05, 4.69) is 0 Å². The molecule has 2 rings (SSSR count). The van der Waals surface area contributed by atoms with Gasteiger partial charge in [0.2, 0.25) is 0 Å². The van der Waals surface area contributed by atoms with Gasteiger partial charge in [-0.2, -0.15) is 0 Å². The molecule has 1 aromatic rings. The number of likely N-dealkylation sites (tertiary alicyclic amines) is 1. The smallest absolute Gasteiger partial charge is 0.311 e. The van der Waals surface area contributed by atoms with Crippen LogP contribution in [0.1, 0.15) is 42.5 Å². The van der Waals surface area contributed by atoms with Gasteiger partial charge in [-0.1, -0.05) is 13.3 Å². The lowest BCUT2D eigenvalue weighted by molar-refractivity contribution is -0.148. The van der Waals surface area contributed by atoms with Crippen LogP contribution in [0.2, 0.25) is 0 Å². The van der Waals surface area contributed by atoms with Crippen LogP contribution >= 0.6 is 0 Å². The number of rotatable bonds is 5. The third-order valence-corrected chi connectivity index (χ3v) is 3.90. The minimum atomic E-state index is -0.822. The monoisotopic (exact) mass is 280 g/mol. The normalized spacial score (nSPS) is 22.2. The average molecular weight is 280 g/mol. The molecule has 0 aromatic carbocycles. The van der Waals surface area contributed by atoms with Crippen molar-refractivity contribution in [2.75, 3.05) is 13.1 Å². The van der Waals surface area contributed by atoms with E-state index in [4.69, 9.17) is 10.2 Å². The minimum Gasteiger partial charge on any atom is -0.481 e. The van der Waals surface area contributed by atoms with Crippen LogP contribution in [0.25, 0.3) is 0 Å². The second kappa shape index (κ2) is 5.66. The molecule has 2 heterocycles. The van der Waals surface area contributed by atoms with Gasteiger partial charge in [-0.25, -0.2) is 0 Å². The van der Waals surface area contributed by atoms with Crippen molar-refractivity contribution in [1.29, 1.82) is 0 Å². The summed E-state index contributed by atoms with van der Waals surface area (Å²) in [7, 11) is 0. The van der Waals surface area contributed by atoms with Gasteiger partial charge in [0.15, 0.2) is 5.76 Å². The Morgan fingerprint density at radius 1 is 1.50 bits per heavy atom. The predicted octanol–water partition coefficient (Wildman–Crippen LogP) is 1.46. The third-order valence-electron chi connectivity index (χ3n) is 3.90. The van der Waals surface area contributed by atoms with Gasteiger partial charge in [0.1, 0.15) is 5.76 Å². The summed E-state index contributed by atoms with van der Waals surface area (Å²) in [4.78, 5) is 25.3. The zero-order chi connectivity index (χ0) is 14.8. The van der Waals surface area contributed by atoms with E-state index >= 15 is 0 Å². The highest BCUT2D eigenvalue weighted by atomic mass is 16.4. The zero-order valence-corrected chi connectivity index (χ0v) is 11.6. The van der Waals surface area contributed by atoms with Crippen LogP contribution in [0, 0.1) is 5.41 Å². The summed E-state index contributed by atoms with van der Waals surface area (Å²) in [5.41, 5.74) is 4.63. The molecule has 1 saturated heterocycles. The van der Waals surface area contributed by atoms with Crippen molar-refractivity contribution in [2.24, 2.45) is 11.1 Å². The second-order valence-corrected chi connectivity index (χ2v) is 5.28. The summed E-state index contributed by atoms with van der Waals surface area (Å²) in [5.74, 6) is -0.311. The molecule has 1 atom stereocenters. The molecule has 0 bridgehead atoms. The Kier molecular flexibility index (Phi) is 4.13. The average Bonchev–Trinajstić information content (AvgIpc) is 3.05. The zero-order valence-electron chi connectivity index (χ0n) is 11.6. The van der Waals surface area contributed by atoms with Crippen molar-refractivity contribution in [3.63, 3.8) is 0 Å². The van der Waals surface area contributed by atoms with Gasteiger partial charge in [0.05, 0.1) is 12.0 Å². The first-order valence-electron chi connectivity index (χ1n) is 6.84. The molecule has 1 unspecified atom stereocenters. The first kappa shape index (κ1) is 14.6. The highest BCUT2D eigenvalue weighted by Gasteiger charge is 2.45. The second-order valence-electron chi connectivity index (χ2n) is 5.28. The van der Waals surface area contributed by atoms with Crippen molar-refractivity contribution < 1.29 is 19.1 Å². The van der Waals surface area contributed by atoms with Crippen molar-refractivity contribution in [3.05, 3.63) is 23.7 Å². The molecule has 1 aliphatic rings. The van der Waals surface area contributed by atoms with Crippen molar-refractivity contribution >= 4 is 11.9 Å². The van der Waals surface area contributed by atoms with Crippen LogP contribution in [-0.4, -0.2) is 35.0 Å². The van der Waals surface area contributed by atoms with Gasteiger partial charge >= 0.3 is 5.97 Å². The Labute approximate surface area is 117 Å². The minimum absolute atomic E-state index is 0.225. The highest BCUT2D eigenvalue weighted by Crippen LogP contribution is 2.36. The van der Waals surface area contributed by atoms with E-state index in [0.717, 1.165) is 6.42 Å². The first-order valence-corrected chi connectivity index (χ1v) is 6.84. The number of furan rings is 1. The number of amides is 1. The molecule has 0 saturated carbocycles. The van der Waals surface area contributed by atoms with Gasteiger partial charge in [-0.05, 0) is 25.0 Å². The van der Waals surface area contributed by atoms with Gasteiger partial charge in [0, 0.05) is 13.1 Å². The van der Waals surface area contributed by atoms with E-state index in [1.807, 2.05) is 6.92 Å². The van der Waals surface area contributed by atoms with Crippen molar-refractivity contribution in [1.82, 2.24) is 4.90 Å². The number of carbonyl (C=O) groups is 2. The highest BCUT2D eigenvalue weighted by molar-refractivity contribution is 5.92. The fraction of sp³-hybridized carbons (Fsp3) is 0.571. The first-order chi connectivity index (χ1) is 9.52. The third kappa shape index (κ3) is 2.56. The number of nitrogens with two attached hydrogens (primary N) is 1. The molecule has 0 radical (unpaired) electrons. The Bertz CT molecular complexity index is 511. The summed E-state index contributed by atoms with van der Waals surface area (Å²) in [6, 6.07) is 3.25. The molecule has 6 nitrogen and oxygen atoms in total. The molecule has 6 heteroatoms. The topological polar surface area (TPSA) is 96.8 Å². The number of carbonyl (C=O) groups excluding carboxylic acids is 1. The quantitative estimate of drug-likeness (QED) is 0.851. The van der Waals surface area contributed by atoms with Gasteiger partial charge < -0.3 is 20.2 Å². The molecule has 20 heavy (non-hydrogen) atoms. The van der Waals surface area contributed by atoms with Crippen LogP contribution in [-0.2, 0) is 11.3 Å². The van der Waals surface area contributed by atoms with Gasteiger partial charge in [-0.15, -0.1) is 0 Å². The van der Waals surface area contributed by atoms with E-state index in [9.17, 15) is 14.7 Å². The number of hydrogen-bond donors (Lipinski definition) is 2. The van der Waals surface area contributed by atoms with Crippen LogP contribution < -0.4 is 5.73 Å². The Morgan fingerprint density at radius 3 is 2.80 bits per heavy atom. The Hall–Kier alpha value is -1.82. The van der Waals surface area contributed by atoms with Crippen LogP contribution in [0.15, 0.2) is 16.5 Å². The van der Waals surface area contributed by atoms with Gasteiger partial charge in [-0.3, -0.25) is 9.59 Å². The lowest BCUT2D eigenvalue weighted by atomic mass is 9.83. The fourth-order valence-corrected chi connectivity index (χ4v) is 2.77. The fourth-order valence-electron chi connectivity index (χ4n) is 2.77. The van der Waals surface area contributed by atoms with Crippen molar-refractivity contribution in [3.8, 4) is 0 Å². The Balaban J connectivity index is 2.11. The number of nitrogens with zero attached hydrogens (tertiary/aromatic N) is 1. The van der Waals surface area contributed by atoms with E-state index in [-0.39, 0.29) is 24.8 Å². The molecule has 110 valence electrons. The van der Waals surface area contributed by atoms with Crippen LogP contribution in [0.3, 0.4) is 0 Å². The number of hydrogen-bond acceptors (Lipinski definition) is 4. The molecular formula is C14H20N2O4. The summed E-state index contributed by atoms with van der Waals surface area (Å²) in [6.45, 7) is 2.88.